The Morgan fingerprint density at radius 1 is 1.43 bits per heavy atom. The van der Waals surface area contributed by atoms with Gasteiger partial charge in [-0.15, -0.1) is 11.3 Å². The summed E-state index contributed by atoms with van der Waals surface area (Å²) < 4.78 is 1.90. The summed E-state index contributed by atoms with van der Waals surface area (Å²) in [4.78, 5) is 16.7. The molecule has 0 saturated carbocycles. The number of carbonyl (C=O) groups excluding carboxylic acids is 1. The van der Waals surface area contributed by atoms with E-state index in [9.17, 15) is 4.79 Å². The maximum absolute atomic E-state index is 12.8. The highest BCUT2D eigenvalue weighted by Crippen LogP contribution is 2.32. The van der Waals surface area contributed by atoms with Gasteiger partial charge in [-0.1, -0.05) is 13.8 Å². The second-order valence-corrected chi connectivity index (χ2v) is 7.84. The zero-order valence-corrected chi connectivity index (χ0v) is 15.0. The van der Waals surface area contributed by atoms with Crippen LogP contribution in [0.1, 0.15) is 54.4 Å². The Kier molecular flexibility index (Phi) is 4.73. The highest BCUT2D eigenvalue weighted by molar-refractivity contribution is 7.20. The number of nitrogens with two attached hydrogens (primary N) is 1. The van der Waals surface area contributed by atoms with Crippen LogP contribution in [-0.4, -0.2) is 40.2 Å². The van der Waals surface area contributed by atoms with Crippen LogP contribution in [0.4, 0.5) is 0 Å². The van der Waals surface area contributed by atoms with Crippen molar-refractivity contribution in [1.29, 1.82) is 0 Å². The molecule has 3 rings (SSSR count). The lowest BCUT2D eigenvalue weighted by Gasteiger charge is -2.31. The molecule has 126 valence electrons. The van der Waals surface area contributed by atoms with E-state index in [2.05, 4.69) is 18.9 Å². The molecule has 6 heteroatoms. The van der Waals surface area contributed by atoms with Crippen molar-refractivity contribution in [3.63, 3.8) is 0 Å². The van der Waals surface area contributed by atoms with E-state index >= 15 is 0 Å². The Bertz CT molecular complexity index is 695. The smallest absolute Gasteiger partial charge is 0.264 e. The fourth-order valence-corrected chi connectivity index (χ4v) is 4.46. The molecule has 1 amide bonds. The van der Waals surface area contributed by atoms with Crippen molar-refractivity contribution in [2.75, 3.05) is 19.6 Å². The van der Waals surface area contributed by atoms with E-state index < -0.39 is 0 Å². The molecule has 0 aliphatic carbocycles. The Labute approximate surface area is 141 Å². The van der Waals surface area contributed by atoms with Crippen molar-refractivity contribution in [3.05, 3.63) is 16.6 Å². The average Bonchev–Trinajstić information content (AvgIpc) is 3.08. The minimum atomic E-state index is 0.173. The topological polar surface area (TPSA) is 64.2 Å². The Morgan fingerprint density at radius 3 is 2.74 bits per heavy atom. The predicted octanol–water partition coefficient (Wildman–Crippen LogP) is 2.96. The maximum atomic E-state index is 12.8. The van der Waals surface area contributed by atoms with Crippen molar-refractivity contribution < 1.29 is 4.79 Å². The first-order valence-corrected chi connectivity index (χ1v) is 9.28. The largest absolute Gasteiger partial charge is 0.338 e. The van der Waals surface area contributed by atoms with Crippen molar-refractivity contribution in [3.8, 4) is 0 Å². The first-order valence-electron chi connectivity index (χ1n) is 8.47. The van der Waals surface area contributed by atoms with Gasteiger partial charge in [0.2, 0.25) is 0 Å². The molecule has 0 radical (unpaired) electrons. The highest BCUT2D eigenvalue weighted by Gasteiger charge is 2.25. The number of aryl methyl sites for hydroxylation is 1. The second-order valence-electron chi connectivity index (χ2n) is 6.81. The van der Waals surface area contributed by atoms with Crippen LogP contribution in [0.25, 0.3) is 10.2 Å². The van der Waals surface area contributed by atoms with Crippen molar-refractivity contribution in [2.24, 2.45) is 18.7 Å². The normalized spacial score (nSPS) is 16.7. The molecule has 5 nitrogen and oxygen atoms in total. The second kappa shape index (κ2) is 6.61. The van der Waals surface area contributed by atoms with Gasteiger partial charge in [-0.3, -0.25) is 9.48 Å². The molecule has 23 heavy (non-hydrogen) atoms. The molecule has 1 aliphatic rings. The molecule has 0 atom stereocenters. The van der Waals surface area contributed by atoms with Gasteiger partial charge in [0.15, 0.2) is 0 Å². The van der Waals surface area contributed by atoms with Crippen molar-refractivity contribution >= 4 is 27.5 Å². The molecule has 1 aliphatic heterocycles. The molecule has 2 aromatic heterocycles. The van der Waals surface area contributed by atoms with Crippen LogP contribution < -0.4 is 5.73 Å². The van der Waals surface area contributed by atoms with Crippen LogP contribution in [-0.2, 0) is 7.05 Å². The molecule has 1 saturated heterocycles. The molecule has 3 heterocycles. The van der Waals surface area contributed by atoms with Crippen LogP contribution in [0, 0.1) is 5.92 Å². The van der Waals surface area contributed by atoms with E-state index in [1.54, 1.807) is 11.3 Å². The van der Waals surface area contributed by atoms with E-state index in [0.717, 1.165) is 59.7 Å². The van der Waals surface area contributed by atoms with E-state index in [-0.39, 0.29) is 5.91 Å². The zero-order valence-electron chi connectivity index (χ0n) is 14.2. The minimum absolute atomic E-state index is 0.173. The Morgan fingerprint density at radius 2 is 2.13 bits per heavy atom. The number of carbonyl (C=O) groups is 1. The maximum Gasteiger partial charge on any atom is 0.264 e. The lowest BCUT2D eigenvalue weighted by Crippen LogP contribution is -2.38. The van der Waals surface area contributed by atoms with E-state index in [1.807, 2.05) is 22.7 Å². The van der Waals surface area contributed by atoms with E-state index in [4.69, 9.17) is 5.73 Å². The van der Waals surface area contributed by atoms with Gasteiger partial charge in [-0.2, -0.15) is 5.10 Å². The molecule has 0 bridgehead atoms. The summed E-state index contributed by atoms with van der Waals surface area (Å²) in [5.41, 5.74) is 6.72. The number of amides is 1. The summed E-state index contributed by atoms with van der Waals surface area (Å²) in [5, 5.41) is 5.72. The molecule has 1 fully saturated rings. The van der Waals surface area contributed by atoms with Gasteiger partial charge >= 0.3 is 0 Å². The number of rotatable bonds is 4. The molecule has 0 aromatic carbocycles. The highest BCUT2D eigenvalue weighted by atomic mass is 32.1. The molecular weight excluding hydrogens is 308 g/mol. The first-order chi connectivity index (χ1) is 11.0. The quantitative estimate of drug-likeness (QED) is 0.935. The Hall–Kier alpha value is -1.40. The lowest BCUT2D eigenvalue weighted by molar-refractivity contribution is 0.0693. The van der Waals surface area contributed by atoms with Crippen LogP contribution >= 0.6 is 11.3 Å². The number of thiophene rings is 1. The van der Waals surface area contributed by atoms with Gasteiger partial charge in [0, 0.05) is 25.5 Å². The Balaban J connectivity index is 1.78. The SMILES string of the molecule is CC(C)c1nn(C)c2sc(C(=O)N3CCC(CCN)CC3)cc12. The van der Waals surface area contributed by atoms with Gasteiger partial charge in [-0.25, -0.2) is 0 Å². The molecule has 0 unspecified atom stereocenters. The van der Waals surface area contributed by atoms with Gasteiger partial charge in [-0.05, 0) is 43.7 Å². The number of piperidine rings is 1. The third-order valence-corrected chi connectivity index (χ3v) is 5.96. The number of hydrogen-bond acceptors (Lipinski definition) is 4. The van der Waals surface area contributed by atoms with Crippen molar-refractivity contribution in [1.82, 2.24) is 14.7 Å². The standard InChI is InChI=1S/C17H26N4OS/c1-11(2)15-13-10-14(23-17(13)20(3)19-15)16(22)21-8-5-12(4-7-18)6-9-21/h10-12H,4-9,18H2,1-3H3. The van der Waals surface area contributed by atoms with Gasteiger partial charge in [0.25, 0.3) is 5.91 Å². The third kappa shape index (κ3) is 3.15. The summed E-state index contributed by atoms with van der Waals surface area (Å²) in [7, 11) is 1.96. The first kappa shape index (κ1) is 16.5. The van der Waals surface area contributed by atoms with Gasteiger partial charge < -0.3 is 10.6 Å². The molecule has 2 N–H and O–H groups in total. The predicted molar refractivity (Wildman–Crippen MR) is 95.0 cm³/mol. The van der Waals surface area contributed by atoms with Gasteiger partial charge in [0.1, 0.15) is 4.83 Å². The molecule has 0 spiro atoms. The number of nitrogens with zero attached hydrogens (tertiary/aromatic N) is 3. The number of fused-ring (bicyclic) bond motifs is 1. The molecular formula is C17H26N4OS. The summed E-state index contributed by atoms with van der Waals surface area (Å²) in [6.45, 7) is 6.74. The monoisotopic (exact) mass is 334 g/mol. The number of hydrogen-bond donors (Lipinski definition) is 1. The van der Waals surface area contributed by atoms with Crippen LogP contribution in [0.15, 0.2) is 6.07 Å². The average molecular weight is 334 g/mol. The number of aromatic nitrogens is 2. The molecule has 2 aromatic rings. The van der Waals surface area contributed by atoms with Gasteiger partial charge in [0.05, 0.1) is 10.6 Å². The van der Waals surface area contributed by atoms with E-state index in [0.29, 0.717) is 11.8 Å². The summed E-state index contributed by atoms with van der Waals surface area (Å²) >= 11 is 1.56. The third-order valence-electron chi connectivity index (χ3n) is 4.77. The fraction of sp³-hybridized carbons (Fsp3) is 0.647. The zero-order chi connectivity index (χ0) is 16.6. The summed E-state index contributed by atoms with van der Waals surface area (Å²) in [5.74, 6) is 1.22. The van der Waals surface area contributed by atoms with Crippen molar-refractivity contribution in [2.45, 2.75) is 39.0 Å². The minimum Gasteiger partial charge on any atom is -0.338 e. The van der Waals surface area contributed by atoms with E-state index in [1.165, 1.54) is 0 Å². The fourth-order valence-electron chi connectivity index (χ4n) is 3.41. The van der Waals surface area contributed by atoms with Crippen LogP contribution in [0.5, 0.6) is 0 Å². The lowest BCUT2D eigenvalue weighted by atomic mass is 9.93. The van der Waals surface area contributed by atoms with Crippen LogP contribution in [0.2, 0.25) is 0 Å². The summed E-state index contributed by atoms with van der Waals surface area (Å²) in [6, 6.07) is 2.04. The van der Waals surface area contributed by atoms with Crippen LogP contribution in [0.3, 0.4) is 0 Å². The number of likely N-dealkylation sites (tertiary alicyclic amines) is 1. The summed E-state index contributed by atoms with van der Waals surface area (Å²) in [6.07, 6.45) is 3.23.